The van der Waals surface area contributed by atoms with Crippen molar-refractivity contribution in [3.8, 4) is 0 Å². The molecule has 0 aliphatic rings. The third-order valence-electron chi connectivity index (χ3n) is 2.85. The van der Waals surface area contributed by atoms with Crippen molar-refractivity contribution < 1.29 is 13.6 Å². The van der Waals surface area contributed by atoms with Crippen LogP contribution >= 0.6 is 24.0 Å². The van der Waals surface area contributed by atoms with Gasteiger partial charge in [-0.2, -0.15) is 8.78 Å². The molecule has 134 valence electrons. The Bertz CT molecular complexity index is 559. The van der Waals surface area contributed by atoms with Crippen LogP contribution in [0.2, 0.25) is 0 Å². The van der Waals surface area contributed by atoms with E-state index in [4.69, 9.17) is 12.2 Å². The number of carbonyl (C=O) groups is 1. The highest BCUT2D eigenvalue weighted by Gasteiger charge is 2.17. The molecule has 0 saturated heterocycles. The van der Waals surface area contributed by atoms with Crippen LogP contribution in [0.4, 0.5) is 14.5 Å². The first-order chi connectivity index (χ1) is 11.1. The Balaban J connectivity index is 2.62. The molecule has 0 saturated carbocycles. The monoisotopic (exact) mass is 375 g/mol. The lowest BCUT2D eigenvalue weighted by molar-refractivity contribution is -0.122. The highest BCUT2D eigenvalue weighted by atomic mass is 32.2. The van der Waals surface area contributed by atoms with E-state index < -0.39 is 5.76 Å². The first-order valence-electron chi connectivity index (χ1n) is 7.52. The zero-order chi connectivity index (χ0) is 18.3. The van der Waals surface area contributed by atoms with E-state index in [2.05, 4.69) is 10.6 Å². The SMILES string of the molecule is CCN(CC(=O)NC(C)(C)C)C(=S)Nc1ccc(SC(F)F)cc1. The molecular formula is C16H23F2N3OS2. The number of halogens is 2. The number of thiocarbonyl (C=S) groups is 1. The van der Waals surface area contributed by atoms with Crippen molar-refractivity contribution in [2.75, 3.05) is 18.4 Å². The number of carbonyl (C=O) groups excluding carboxylic acids is 1. The minimum absolute atomic E-state index is 0.114. The first-order valence-corrected chi connectivity index (χ1v) is 8.81. The minimum atomic E-state index is -2.44. The number of anilines is 1. The number of hydrogen-bond donors (Lipinski definition) is 2. The number of likely N-dealkylation sites (N-methyl/N-ethyl adjacent to an activating group) is 1. The standard InChI is InChI=1S/C16H23F2N3OS2/c1-5-21(10-13(22)20-16(2,3)4)15(23)19-11-6-8-12(9-7-11)24-14(17)18/h6-9,14H,5,10H2,1-4H3,(H,19,23)(H,20,22). The number of nitrogens with one attached hydrogen (secondary N) is 2. The number of alkyl halides is 2. The van der Waals surface area contributed by atoms with Gasteiger partial charge in [0.2, 0.25) is 5.91 Å². The van der Waals surface area contributed by atoms with Gasteiger partial charge in [-0.1, -0.05) is 11.8 Å². The number of nitrogens with zero attached hydrogens (tertiary/aromatic N) is 1. The van der Waals surface area contributed by atoms with Gasteiger partial charge in [-0.05, 0) is 64.2 Å². The molecular weight excluding hydrogens is 352 g/mol. The average Bonchev–Trinajstić information content (AvgIpc) is 2.44. The predicted octanol–water partition coefficient (Wildman–Crippen LogP) is 3.93. The van der Waals surface area contributed by atoms with Crippen molar-refractivity contribution in [1.29, 1.82) is 0 Å². The zero-order valence-electron chi connectivity index (χ0n) is 14.2. The molecule has 1 amide bonds. The lowest BCUT2D eigenvalue weighted by Gasteiger charge is -2.27. The zero-order valence-corrected chi connectivity index (χ0v) is 15.9. The van der Waals surface area contributed by atoms with E-state index in [1.165, 1.54) is 0 Å². The fourth-order valence-electron chi connectivity index (χ4n) is 1.88. The Labute approximate surface area is 151 Å². The third kappa shape index (κ3) is 7.92. The summed E-state index contributed by atoms with van der Waals surface area (Å²) in [5.41, 5.74) is 0.386. The largest absolute Gasteiger partial charge is 0.350 e. The van der Waals surface area contributed by atoms with Gasteiger partial charge in [0.25, 0.3) is 5.76 Å². The number of amides is 1. The number of hydrogen-bond acceptors (Lipinski definition) is 3. The van der Waals surface area contributed by atoms with E-state index in [9.17, 15) is 13.6 Å². The van der Waals surface area contributed by atoms with Crippen LogP contribution in [0, 0.1) is 0 Å². The van der Waals surface area contributed by atoms with Gasteiger partial charge in [0.15, 0.2) is 5.11 Å². The van der Waals surface area contributed by atoms with Crippen molar-refractivity contribution in [3.63, 3.8) is 0 Å². The second-order valence-corrected chi connectivity index (χ2v) is 7.60. The molecule has 0 radical (unpaired) electrons. The molecule has 0 aliphatic heterocycles. The van der Waals surface area contributed by atoms with Crippen LogP contribution in [-0.4, -0.2) is 40.3 Å². The Morgan fingerprint density at radius 3 is 2.33 bits per heavy atom. The van der Waals surface area contributed by atoms with Crippen molar-refractivity contribution in [2.24, 2.45) is 0 Å². The summed E-state index contributed by atoms with van der Waals surface area (Å²) in [4.78, 5) is 14.2. The second kappa shape index (κ2) is 9.17. The lowest BCUT2D eigenvalue weighted by atomic mass is 10.1. The molecule has 1 rings (SSSR count). The van der Waals surface area contributed by atoms with E-state index in [-0.39, 0.29) is 18.0 Å². The molecule has 0 atom stereocenters. The summed E-state index contributed by atoms with van der Waals surface area (Å²) in [6.45, 7) is 8.37. The summed E-state index contributed by atoms with van der Waals surface area (Å²) < 4.78 is 24.6. The molecule has 0 aromatic heterocycles. The van der Waals surface area contributed by atoms with Crippen LogP contribution in [0.15, 0.2) is 29.2 Å². The smallest absolute Gasteiger partial charge is 0.288 e. The molecule has 2 N–H and O–H groups in total. The first kappa shape index (κ1) is 20.6. The van der Waals surface area contributed by atoms with Crippen LogP contribution < -0.4 is 10.6 Å². The van der Waals surface area contributed by atoms with Crippen molar-refractivity contribution in [3.05, 3.63) is 24.3 Å². The van der Waals surface area contributed by atoms with E-state index in [1.807, 2.05) is 27.7 Å². The quantitative estimate of drug-likeness (QED) is 0.583. The molecule has 0 bridgehead atoms. The van der Waals surface area contributed by atoms with Gasteiger partial charge in [0, 0.05) is 22.7 Å². The molecule has 0 heterocycles. The number of thioether (sulfide) groups is 1. The Hall–Kier alpha value is -1.41. The predicted molar refractivity (Wildman–Crippen MR) is 99.7 cm³/mol. The summed E-state index contributed by atoms with van der Waals surface area (Å²) in [6.07, 6.45) is 0. The third-order valence-corrected chi connectivity index (χ3v) is 3.93. The summed E-state index contributed by atoms with van der Waals surface area (Å²) in [5, 5.41) is 6.32. The van der Waals surface area contributed by atoms with E-state index in [1.54, 1.807) is 29.2 Å². The maximum atomic E-state index is 12.3. The Morgan fingerprint density at radius 2 is 1.88 bits per heavy atom. The fourth-order valence-corrected chi connectivity index (χ4v) is 2.69. The summed E-state index contributed by atoms with van der Waals surface area (Å²) >= 11 is 5.82. The van der Waals surface area contributed by atoms with Crippen molar-refractivity contribution in [1.82, 2.24) is 10.2 Å². The van der Waals surface area contributed by atoms with Gasteiger partial charge in [0.05, 0.1) is 6.54 Å². The Morgan fingerprint density at radius 1 is 1.29 bits per heavy atom. The number of rotatable bonds is 6. The number of benzene rings is 1. The molecule has 0 unspecified atom stereocenters. The normalized spacial score (nSPS) is 11.3. The maximum Gasteiger partial charge on any atom is 0.288 e. The molecule has 0 spiro atoms. The minimum Gasteiger partial charge on any atom is -0.350 e. The van der Waals surface area contributed by atoms with Crippen molar-refractivity contribution >= 4 is 40.7 Å². The molecule has 24 heavy (non-hydrogen) atoms. The summed E-state index contributed by atoms with van der Waals surface area (Å²) in [5.74, 6) is -2.56. The maximum absolute atomic E-state index is 12.3. The topological polar surface area (TPSA) is 44.4 Å². The lowest BCUT2D eigenvalue weighted by Crippen LogP contribution is -2.48. The van der Waals surface area contributed by atoms with Crippen molar-refractivity contribution in [2.45, 2.75) is 43.9 Å². The molecule has 1 aromatic carbocycles. The van der Waals surface area contributed by atoms with Gasteiger partial charge in [0.1, 0.15) is 0 Å². The second-order valence-electron chi connectivity index (χ2n) is 6.15. The van der Waals surface area contributed by atoms with E-state index in [0.29, 0.717) is 34.0 Å². The van der Waals surface area contributed by atoms with Crippen LogP contribution in [-0.2, 0) is 4.79 Å². The van der Waals surface area contributed by atoms with Gasteiger partial charge >= 0.3 is 0 Å². The van der Waals surface area contributed by atoms with Gasteiger partial charge in [-0.3, -0.25) is 4.79 Å². The molecule has 0 aliphatic carbocycles. The van der Waals surface area contributed by atoms with Crippen LogP contribution in [0.3, 0.4) is 0 Å². The molecule has 0 fully saturated rings. The van der Waals surface area contributed by atoms with E-state index >= 15 is 0 Å². The molecule has 8 heteroatoms. The van der Waals surface area contributed by atoms with E-state index in [0.717, 1.165) is 0 Å². The van der Waals surface area contributed by atoms with Crippen LogP contribution in [0.25, 0.3) is 0 Å². The highest BCUT2D eigenvalue weighted by Crippen LogP contribution is 2.26. The Kier molecular flexibility index (Phi) is 7.89. The van der Waals surface area contributed by atoms with Crippen LogP contribution in [0.1, 0.15) is 27.7 Å². The molecule has 1 aromatic rings. The molecule has 4 nitrogen and oxygen atoms in total. The fraction of sp³-hybridized carbons (Fsp3) is 0.500. The highest BCUT2D eigenvalue weighted by molar-refractivity contribution is 7.99. The van der Waals surface area contributed by atoms with Gasteiger partial charge in [-0.25, -0.2) is 0 Å². The van der Waals surface area contributed by atoms with Crippen LogP contribution in [0.5, 0.6) is 0 Å². The van der Waals surface area contributed by atoms with Gasteiger partial charge in [-0.15, -0.1) is 0 Å². The average molecular weight is 376 g/mol. The summed E-state index contributed by atoms with van der Waals surface area (Å²) in [7, 11) is 0. The summed E-state index contributed by atoms with van der Waals surface area (Å²) in [6, 6.07) is 6.56. The van der Waals surface area contributed by atoms with Gasteiger partial charge < -0.3 is 15.5 Å².